The predicted octanol–water partition coefficient (Wildman–Crippen LogP) is 2.79. The van der Waals surface area contributed by atoms with Crippen molar-refractivity contribution < 1.29 is 28.5 Å². The van der Waals surface area contributed by atoms with Gasteiger partial charge in [0, 0.05) is 44.1 Å². The summed E-state index contributed by atoms with van der Waals surface area (Å²) in [7, 11) is 0. The van der Waals surface area contributed by atoms with Crippen molar-refractivity contribution in [1.82, 2.24) is 4.90 Å². The fraction of sp³-hybridized carbons (Fsp3) is 0.458. The number of aliphatic hydroxyl groups excluding tert-OH is 1. The van der Waals surface area contributed by atoms with Crippen LogP contribution in [0.3, 0.4) is 0 Å². The van der Waals surface area contributed by atoms with Crippen molar-refractivity contribution in [3.8, 4) is 5.75 Å². The zero-order valence-electron chi connectivity index (χ0n) is 17.6. The molecule has 2 aromatic carbocycles. The number of amides is 1. The van der Waals surface area contributed by atoms with Gasteiger partial charge in [0.05, 0.1) is 11.7 Å². The Kier molecular flexibility index (Phi) is 5.39. The van der Waals surface area contributed by atoms with E-state index in [9.17, 15) is 23.8 Å². The Balaban J connectivity index is 1.19. The summed E-state index contributed by atoms with van der Waals surface area (Å²) in [6, 6.07) is 9.41. The molecule has 0 aromatic heterocycles. The molecule has 32 heavy (non-hydrogen) atoms. The molecule has 0 bridgehead atoms. The fourth-order valence-corrected chi connectivity index (χ4v) is 5.33. The minimum atomic E-state index is -1.01. The van der Waals surface area contributed by atoms with Crippen LogP contribution in [-0.4, -0.2) is 52.4 Å². The van der Waals surface area contributed by atoms with E-state index < -0.39 is 23.3 Å². The van der Waals surface area contributed by atoms with E-state index in [0.717, 1.165) is 22.9 Å². The van der Waals surface area contributed by atoms with Crippen LogP contribution in [0.15, 0.2) is 36.4 Å². The van der Waals surface area contributed by atoms with Crippen molar-refractivity contribution in [2.75, 3.05) is 25.0 Å². The number of rotatable bonds is 5. The molecule has 2 aliphatic heterocycles. The van der Waals surface area contributed by atoms with Gasteiger partial charge in [0.25, 0.3) is 0 Å². The highest BCUT2D eigenvalue weighted by molar-refractivity contribution is 5.93. The second kappa shape index (κ2) is 8.10. The topological polar surface area (TPSA) is 82.0 Å². The molecule has 0 radical (unpaired) electrons. The van der Waals surface area contributed by atoms with Gasteiger partial charge in [-0.2, -0.15) is 4.39 Å². The second-order valence-electron chi connectivity index (χ2n) is 9.21. The minimum Gasteiger partial charge on any atom is -0.487 e. The average molecular weight is 444 g/mol. The van der Waals surface area contributed by atoms with Gasteiger partial charge in [-0.05, 0) is 42.2 Å². The van der Waals surface area contributed by atoms with Crippen LogP contribution in [0.2, 0.25) is 0 Å². The summed E-state index contributed by atoms with van der Waals surface area (Å²) < 4.78 is 33.0. The summed E-state index contributed by atoms with van der Waals surface area (Å²) in [4.78, 5) is 13.6. The van der Waals surface area contributed by atoms with Gasteiger partial charge in [0.15, 0.2) is 11.6 Å². The van der Waals surface area contributed by atoms with E-state index in [2.05, 4.69) is 5.32 Å². The number of anilines is 1. The largest absolute Gasteiger partial charge is 0.487 e. The lowest BCUT2D eigenvalue weighted by molar-refractivity contribution is -0.116. The number of likely N-dealkylation sites (tertiary alicyclic amines) is 1. The smallest absolute Gasteiger partial charge is 0.224 e. The Morgan fingerprint density at radius 2 is 2.09 bits per heavy atom. The van der Waals surface area contributed by atoms with E-state index in [-0.39, 0.29) is 23.7 Å². The van der Waals surface area contributed by atoms with E-state index in [4.69, 9.17) is 4.74 Å². The number of carbonyl (C=O) groups excluding carboxylic acids is 1. The molecule has 170 valence electrons. The Bertz CT molecular complexity index is 1050. The Hall–Kier alpha value is -2.55. The number of hydrogen-bond acceptors (Lipinski definition) is 5. The van der Waals surface area contributed by atoms with Crippen LogP contribution < -0.4 is 10.1 Å². The maximum Gasteiger partial charge on any atom is 0.224 e. The summed E-state index contributed by atoms with van der Waals surface area (Å²) in [5.41, 5.74) is 1.62. The van der Waals surface area contributed by atoms with Crippen molar-refractivity contribution in [3.63, 3.8) is 0 Å². The van der Waals surface area contributed by atoms with Crippen molar-refractivity contribution >= 4 is 11.6 Å². The normalized spacial score (nSPS) is 28.2. The van der Waals surface area contributed by atoms with Gasteiger partial charge in [-0.1, -0.05) is 18.2 Å². The molecular formula is C24H26F2N2O4. The van der Waals surface area contributed by atoms with Gasteiger partial charge >= 0.3 is 0 Å². The maximum absolute atomic E-state index is 13.9. The summed E-state index contributed by atoms with van der Waals surface area (Å²) in [5, 5.41) is 24.7. The van der Waals surface area contributed by atoms with Gasteiger partial charge in [-0.25, -0.2) is 4.39 Å². The highest BCUT2D eigenvalue weighted by atomic mass is 19.2. The molecule has 1 amide bonds. The van der Waals surface area contributed by atoms with Gasteiger partial charge in [-0.15, -0.1) is 0 Å². The first-order valence-electron chi connectivity index (χ1n) is 11.0. The van der Waals surface area contributed by atoms with E-state index >= 15 is 0 Å². The predicted molar refractivity (Wildman–Crippen MR) is 113 cm³/mol. The number of carbonyl (C=O) groups is 1. The monoisotopic (exact) mass is 444 g/mol. The number of aliphatic hydroxyl groups is 2. The number of benzene rings is 2. The Labute approximate surface area is 184 Å². The third-order valence-corrected chi connectivity index (χ3v) is 6.91. The first-order chi connectivity index (χ1) is 15.3. The van der Waals surface area contributed by atoms with Crippen LogP contribution in [0.25, 0.3) is 0 Å². The van der Waals surface area contributed by atoms with Crippen LogP contribution in [0.4, 0.5) is 14.5 Å². The minimum absolute atomic E-state index is 0.00469. The van der Waals surface area contributed by atoms with Crippen molar-refractivity contribution in [3.05, 3.63) is 59.2 Å². The lowest BCUT2D eigenvalue weighted by Crippen LogP contribution is -2.36. The molecule has 5 rings (SSSR count). The number of hydrogen-bond donors (Lipinski definition) is 3. The Morgan fingerprint density at radius 3 is 2.91 bits per heavy atom. The lowest BCUT2D eigenvalue weighted by Gasteiger charge is -2.25. The first kappa shape index (κ1) is 21.3. The summed E-state index contributed by atoms with van der Waals surface area (Å²) in [6.07, 6.45) is 0.866. The first-order valence-corrected chi connectivity index (χ1v) is 11.0. The average Bonchev–Trinajstić information content (AvgIpc) is 3.21. The van der Waals surface area contributed by atoms with Crippen LogP contribution in [0.1, 0.15) is 36.5 Å². The molecule has 1 saturated carbocycles. The van der Waals surface area contributed by atoms with Crippen LogP contribution in [0.5, 0.6) is 5.75 Å². The molecule has 1 unspecified atom stereocenters. The Morgan fingerprint density at radius 1 is 1.25 bits per heavy atom. The summed E-state index contributed by atoms with van der Waals surface area (Å²) >= 11 is 0. The zero-order chi connectivity index (χ0) is 22.5. The molecule has 4 atom stereocenters. The molecule has 6 nitrogen and oxygen atoms in total. The van der Waals surface area contributed by atoms with Gasteiger partial charge in [0.1, 0.15) is 6.10 Å². The second-order valence-corrected chi connectivity index (χ2v) is 9.21. The molecule has 3 aliphatic rings. The molecule has 0 spiro atoms. The molecule has 2 heterocycles. The third kappa shape index (κ3) is 3.98. The molecule has 2 fully saturated rings. The number of aryl methyl sites for hydroxylation is 1. The number of halogens is 2. The van der Waals surface area contributed by atoms with Crippen molar-refractivity contribution in [1.29, 1.82) is 0 Å². The quantitative estimate of drug-likeness (QED) is 0.661. The van der Waals surface area contributed by atoms with Gasteiger partial charge < -0.3 is 20.3 Å². The summed E-state index contributed by atoms with van der Waals surface area (Å²) in [5.74, 6) is -2.15. The van der Waals surface area contributed by atoms with Crippen molar-refractivity contribution in [2.24, 2.45) is 5.92 Å². The summed E-state index contributed by atoms with van der Waals surface area (Å²) in [6.45, 7) is 1.37. The number of ether oxygens (including phenoxy) is 1. The lowest BCUT2D eigenvalue weighted by atomic mass is 9.95. The van der Waals surface area contributed by atoms with Gasteiger partial charge in [0.2, 0.25) is 11.7 Å². The van der Waals surface area contributed by atoms with E-state index in [0.29, 0.717) is 45.3 Å². The van der Waals surface area contributed by atoms with E-state index in [1.165, 1.54) is 12.1 Å². The van der Waals surface area contributed by atoms with E-state index in [1.54, 1.807) is 0 Å². The van der Waals surface area contributed by atoms with E-state index in [1.807, 2.05) is 23.1 Å². The van der Waals surface area contributed by atoms with Gasteiger partial charge in [-0.3, -0.25) is 9.69 Å². The number of nitrogens with one attached hydrogen (secondary N) is 1. The molecular weight excluding hydrogens is 418 g/mol. The van der Waals surface area contributed by atoms with Crippen LogP contribution in [0, 0.1) is 17.6 Å². The standard InChI is InChI=1S/C24H26F2N2O4/c25-18-2-1-3-21(23(18)26)32-17-9-16-11-28(13-24(16,31)10-17)12-20(29)15-4-6-19-14(8-15)5-7-22(30)27-19/h1-4,6,8,16-17,20,29,31H,5,7,9-13H2,(H,27,30)/t16-,17+,20?,24-/m1/s1. The fourth-order valence-electron chi connectivity index (χ4n) is 5.33. The SMILES string of the molecule is O=C1CCc2cc(C(O)CN3C[C@H]4C[C@H](Oc5cccc(F)c5F)C[C@@]4(O)C3)ccc2N1. The highest BCUT2D eigenvalue weighted by Crippen LogP contribution is 2.44. The third-order valence-electron chi connectivity index (χ3n) is 6.91. The van der Waals surface area contributed by atoms with Crippen LogP contribution in [-0.2, 0) is 11.2 Å². The number of nitrogens with zero attached hydrogens (tertiary/aromatic N) is 1. The molecule has 8 heteroatoms. The molecule has 1 saturated heterocycles. The maximum atomic E-state index is 13.9. The molecule has 1 aliphatic carbocycles. The number of fused-ring (bicyclic) bond motifs is 2. The molecule has 3 N–H and O–H groups in total. The van der Waals surface area contributed by atoms with Crippen LogP contribution >= 0.6 is 0 Å². The number of β-amino-alcohol motifs (C(OH)–C–C–N with tert-alkyl or cyclic N) is 2. The zero-order valence-corrected chi connectivity index (χ0v) is 17.6. The molecule has 2 aromatic rings. The highest BCUT2D eigenvalue weighted by Gasteiger charge is 2.53. The van der Waals surface area contributed by atoms with Crippen molar-refractivity contribution in [2.45, 2.75) is 43.5 Å².